The average Bonchev–Trinajstić information content (AvgIpc) is 3.60. The Hall–Kier alpha value is -5.40. The molecule has 5 aliphatic rings. The van der Waals surface area contributed by atoms with Crippen LogP contribution in [-0.4, -0.2) is 83.2 Å². The monoisotopic (exact) mass is 774 g/mol. The Labute approximate surface area is 319 Å². The number of terminal acetylenes is 1. The molecule has 11 nitrogen and oxygen atoms in total. The summed E-state index contributed by atoms with van der Waals surface area (Å²) >= 11 is 0. The van der Waals surface area contributed by atoms with E-state index in [9.17, 15) is 13.2 Å². The van der Waals surface area contributed by atoms with Crippen LogP contribution in [-0.2, 0) is 15.9 Å². The van der Waals surface area contributed by atoms with Crippen molar-refractivity contribution in [1.29, 1.82) is 0 Å². The predicted molar refractivity (Wildman–Crippen MR) is 199 cm³/mol. The molecule has 0 unspecified atom stereocenters. The Morgan fingerprint density at radius 2 is 1.93 bits per heavy atom. The molecule has 16 heteroatoms. The molecule has 56 heavy (non-hydrogen) atoms. The Kier molecular flexibility index (Phi) is 9.04. The van der Waals surface area contributed by atoms with Crippen LogP contribution in [0.3, 0.4) is 0 Å². The van der Waals surface area contributed by atoms with Gasteiger partial charge in [0.2, 0.25) is 5.88 Å². The molecule has 3 atom stereocenters. The highest BCUT2D eigenvalue weighted by molar-refractivity contribution is 6.04. The first kappa shape index (κ1) is 36.3. The Balaban J connectivity index is 1.08. The number of halogens is 5. The molecule has 4 N–H and O–H groups in total. The molecule has 2 aromatic heterocycles. The van der Waals surface area contributed by atoms with Gasteiger partial charge in [0.15, 0.2) is 5.82 Å². The van der Waals surface area contributed by atoms with Crippen LogP contribution < -0.4 is 26.2 Å². The maximum atomic E-state index is 17.3. The molecule has 3 saturated heterocycles. The van der Waals surface area contributed by atoms with Gasteiger partial charge >= 0.3 is 12.2 Å². The SMILES string of the molecule is C#Cc1c(F)ccc2cc(N)cc(-c3nc4c5c(nc(OC[C@@]67CCCN6[C@H](COC6=CC(C(F)(F)F)=CNN6)CC7)nc5c3F)N3CCCOC[C@@H]3CC4)c12. The summed E-state index contributed by atoms with van der Waals surface area (Å²) in [7, 11) is 0. The number of aromatic nitrogens is 3. The van der Waals surface area contributed by atoms with Crippen molar-refractivity contribution in [3.8, 4) is 29.6 Å². The number of nitrogens with zero attached hydrogens (tertiary/aromatic N) is 5. The molecule has 0 amide bonds. The van der Waals surface area contributed by atoms with Gasteiger partial charge in [0.25, 0.3) is 0 Å². The number of fused-ring (bicyclic) bond motifs is 4. The minimum atomic E-state index is -4.51. The summed E-state index contributed by atoms with van der Waals surface area (Å²) in [5.74, 6) is 1.59. The van der Waals surface area contributed by atoms with Gasteiger partial charge < -0.3 is 30.3 Å². The van der Waals surface area contributed by atoms with Crippen molar-refractivity contribution in [2.24, 2.45) is 0 Å². The predicted octanol–water partition coefficient (Wildman–Crippen LogP) is 6.02. The summed E-state index contributed by atoms with van der Waals surface area (Å²) in [5.41, 5.74) is 11.2. The fourth-order valence-corrected chi connectivity index (χ4v) is 9.10. The number of allylic oxidation sites excluding steroid dienone is 2. The lowest BCUT2D eigenvalue weighted by atomic mass is 9.95. The zero-order valence-electron chi connectivity index (χ0n) is 30.3. The Bertz CT molecular complexity index is 2350. The van der Waals surface area contributed by atoms with Crippen molar-refractivity contribution in [3.05, 3.63) is 70.9 Å². The number of rotatable bonds is 7. The zero-order chi connectivity index (χ0) is 38.8. The third-order valence-electron chi connectivity index (χ3n) is 11.7. The molecule has 0 radical (unpaired) electrons. The van der Waals surface area contributed by atoms with Crippen LogP contribution in [0.15, 0.2) is 48.0 Å². The summed E-state index contributed by atoms with van der Waals surface area (Å²) in [6.45, 7) is 2.83. The fraction of sp³-hybridized carbons (Fsp3) is 0.425. The Morgan fingerprint density at radius 3 is 2.77 bits per heavy atom. The van der Waals surface area contributed by atoms with Crippen molar-refractivity contribution >= 4 is 33.2 Å². The molecule has 0 spiro atoms. The smallest absolute Gasteiger partial charge is 0.418 e. The van der Waals surface area contributed by atoms with Crippen LogP contribution in [0, 0.1) is 24.0 Å². The number of aryl methyl sites for hydroxylation is 1. The standard InChI is InChI=1S/C40H39F5N8O3/c1-2-27-29(41)7-5-22-15-24(46)17-28(32(22)27)35-34(42)36-33-30(48-35)8-6-25-19-54-14-4-12-52(25)37(33)50-38(49-36)56-21-39-10-3-13-53(39)26(9-11-39)20-55-31-16-23(18-47-51-31)40(43,44)45/h1,5,7,15-18,25-26,47,51H,3-4,6,8-14,19-21,46H2/t25-,26-,39-/m0/s1. The molecule has 292 valence electrons. The van der Waals surface area contributed by atoms with E-state index in [0.717, 1.165) is 50.9 Å². The zero-order valence-corrected chi connectivity index (χ0v) is 30.3. The molecular weight excluding hydrogens is 735 g/mol. The van der Waals surface area contributed by atoms with E-state index >= 15 is 8.78 Å². The van der Waals surface area contributed by atoms with Crippen molar-refractivity contribution in [1.82, 2.24) is 30.7 Å². The first-order valence-corrected chi connectivity index (χ1v) is 18.8. The molecular formula is C40H39F5N8O3. The number of pyridine rings is 1. The van der Waals surface area contributed by atoms with E-state index in [1.165, 1.54) is 6.07 Å². The number of benzene rings is 2. The van der Waals surface area contributed by atoms with Gasteiger partial charge in [-0.2, -0.15) is 23.1 Å². The highest BCUT2D eigenvalue weighted by atomic mass is 19.4. The first-order valence-electron chi connectivity index (χ1n) is 18.8. The highest BCUT2D eigenvalue weighted by Crippen LogP contribution is 2.45. The minimum Gasteiger partial charge on any atom is -0.476 e. The van der Waals surface area contributed by atoms with E-state index in [1.54, 1.807) is 18.2 Å². The van der Waals surface area contributed by atoms with E-state index in [0.29, 0.717) is 66.0 Å². The second kappa shape index (κ2) is 14.0. The molecule has 9 rings (SSSR count). The van der Waals surface area contributed by atoms with Crippen LogP contribution >= 0.6 is 0 Å². The summed E-state index contributed by atoms with van der Waals surface area (Å²) in [6.07, 6.45) is 8.17. The third-order valence-corrected chi connectivity index (χ3v) is 11.7. The van der Waals surface area contributed by atoms with E-state index in [1.807, 2.05) is 0 Å². The molecule has 2 aromatic carbocycles. The van der Waals surface area contributed by atoms with E-state index in [-0.39, 0.29) is 59.5 Å². The minimum absolute atomic E-state index is 0.00290. The van der Waals surface area contributed by atoms with Crippen LogP contribution in [0.25, 0.3) is 32.9 Å². The lowest BCUT2D eigenvalue weighted by Gasteiger charge is -2.35. The molecule has 5 aliphatic heterocycles. The van der Waals surface area contributed by atoms with Crippen LogP contribution in [0.2, 0.25) is 0 Å². The van der Waals surface area contributed by atoms with E-state index < -0.39 is 28.9 Å². The summed E-state index contributed by atoms with van der Waals surface area (Å²) in [4.78, 5) is 19.0. The number of ether oxygens (including phenoxy) is 3. The maximum Gasteiger partial charge on any atom is 0.418 e. The number of anilines is 2. The van der Waals surface area contributed by atoms with Gasteiger partial charge in [0.1, 0.15) is 36.1 Å². The van der Waals surface area contributed by atoms with Gasteiger partial charge in [-0.1, -0.05) is 12.0 Å². The molecule has 3 fully saturated rings. The normalized spacial score (nSPS) is 23.6. The second-order valence-corrected chi connectivity index (χ2v) is 15.0. The molecule has 4 aromatic rings. The number of hydrazine groups is 1. The summed E-state index contributed by atoms with van der Waals surface area (Å²) in [6, 6.07) is 5.93. The largest absolute Gasteiger partial charge is 0.476 e. The van der Waals surface area contributed by atoms with Gasteiger partial charge in [-0.05, 0) is 75.1 Å². The topological polar surface area (TPSA) is 123 Å². The van der Waals surface area contributed by atoms with Crippen molar-refractivity contribution in [2.45, 2.75) is 68.7 Å². The van der Waals surface area contributed by atoms with E-state index in [2.05, 4.69) is 26.6 Å². The van der Waals surface area contributed by atoms with Gasteiger partial charge in [0, 0.05) is 48.1 Å². The summed E-state index contributed by atoms with van der Waals surface area (Å²) < 4.78 is 90.5. The average molecular weight is 775 g/mol. The lowest BCUT2D eigenvalue weighted by molar-refractivity contribution is -0.0895. The van der Waals surface area contributed by atoms with E-state index in [4.69, 9.17) is 41.3 Å². The van der Waals surface area contributed by atoms with Gasteiger partial charge in [-0.15, -0.1) is 6.42 Å². The first-order chi connectivity index (χ1) is 27.0. The maximum absolute atomic E-state index is 17.3. The van der Waals surface area contributed by atoms with Gasteiger partial charge in [0.05, 0.1) is 40.4 Å². The number of hydrogen-bond donors (Lipinski definition) is 3. The number of hydrogen-bond acceptors (Lipinski definition) is 11. The molecule has 0 aliphatic carbocycles. The van der Waals surface area contributed by atoms with Crippen molar-refractivity contribution < 1.29 is 36.2 Å². The lowest BCUT2D eigenvalue weighted by Crippen LogP contribution is -2.48. The number of nitrogens with one attached hydrogen (secondary N) is 2. The third kappa shape index (κ3) is 6.26. The quantitative estimate of drug-likeness (QED) is 0.116. The summed E-state index contributed by atoms with van der Waals surface area (Å²) in [5, 5.41) is 1.36. The fourth-order valence-electron chi connectivity index (χ4n) is 9.10. The van der Waals surface area contributed by atoms with Crippen molar-refractivity contribution in [2.75, 3.05) is 50.2 Å². The number of nitrogens with two attached hydrogens (primary N) is 1. The Morgan fingerprint density at radius 1 is 1.05 bits per heavy atom. The number of alkyl halides is 3. The van der Waals surface area contributed by atoms with Gasteiger partial charge in [-0.3, -0.25) is 10.3 Å². The van der Waals surface area contributed by atoms with Gasteiger partial charge in [-0.25, -0.2) is 13.8 Å². The van der Waals surface area contributed by atoms with Crippen molar-refractivity contribution in [3.63, 3.8) is 0 Å². The highest BCUT2D eigenvalue weighted by Gasteiger charge is 2.50. The molecule has 0 bridgehead atoms. The second-order valence-electron chi connectivity index (χ2n) is 15.0. The molecule has 0 saturated carbocycles. The van der Waals surface area contributed by atoms with Crippen LogP contribution in [0.4, 0.5) is 33.5 Å². The number of nitrogen functional groups attached to an aromatic ring is 1. The van der Waals surface area contributed by atoms with Crippen LogP contribution in [0.1, 0.15) is 49.8 Å². The van der Waals surface area contributed by atoms with Crippen LogP contribution in [0.5, 0.6) is 6.01 Å². The molecule has 7 heterocycles.